The fourth-order valence-electron chi connectivity index (χ4n) is 2.56. The van der Waals surface area contributed by atoms with Gasteiger partial charge >= 0.3 is 0 Å². The first kappa shape index (κ1) is 13.5. The van der Waals surface area contributed by atoms with Gasteiger partial charge in [-0.25, -0.2) is 4.98 Å². The molecule has 3 rings (SSSR count). The maximum atomic E-state index is 9.56. The third-order valence-electron chi connectivity index (χ3n) is 3.70. The molecule has 0 atom stereocenters. The summed E-state index contributed by atoms with van der Waals surface area (Å²) >= 11 is 0. The summed E-state index contributed by atoms with van der Waals surface area (Å²) in [6.07, 6.45) is 0. The zero-order valence-corrected chi connectivity index (χ0v) is 12.3. The Hall–Kier alpha value is -2.49. The minimum Gasteiger partial charge on any atom is -0.508 e. The second-order valence-electron chi connectivity index (χ2n) is 5.12. The molecule has 1 heterocycles. The van der Waals surface area contributed by atoms with E-state index in [1.165, 1.54) is 5.52 Å². The van der Waals surface area contributed by atoms with Crippen LogP contribution in [-0.2, 0) is 13.1 Å². The van der Waals surface area contributed by atoms with Crippen LogP contribution in [0.25, 0.3) is 11.0 Å². The molecule has 0 radical (unpaired) electrons. The third-order valence-corrected chi connectivity index (χ3v) is 3.70. The van der Waals surface area contributed by atoms with Crippen LogP contribution in [0.3, 0.4) is 0 Å². The van der Waals surface area contributed by atoms with Crippen molar-refractivity contribution >= 4 is 16.7 Å². The van der Waals surface area contributed by atoms with Crippen molar-refractivity contribution in [2.24, 2.45) is 0 Å². The predicted octanol–water partition coefficient (Wildman–Crippen LogP) is 3.68. The molecule has 108 valence electrons. The van der Waals surface area contributed by atoms with Gasteiger partial charge in [0.05, 0.1) is 17.6 Å². The van der Waals surface area contributed by atoms with Crippen molar-refractivity contribution < 1.29 is 5.11 Å². The Morgan fingerprint density at radius 1 is 1.19 bits per heavy atom. The van der Waals surface area contributed by atoms with Crippen LogP contribution < -0.4 is 5.32 Å². The van der Waals surface area contributed by atoms with Crippen molar-refractivity contribution in [2.45, 2.75) is 26.9 Å². The predicted molar refractivity (Wildman–Crippen MR) is 85.6 cm³/mol. The van der Waals surface area contributed by atoms with Gasteiger partial charge in [0.1, 0.15) is 11.6 Å². The molecule has 4 nitrogen and oxygen atoms in total. The van der Waals surface area contributed by atoms with Crippen molar-refractivity contribution in [3.05, 3.63) is 53.9 Å². The molecule has 0 unspecified atom stereocenters. The van der Waals surface area contributed by atoms with Crippen LogP contribution in [-0.4, -0.2) is 14.7 Å². The maximum absolute atomic E-state index is 9.56. The van der Waals surface area contributed by atoms with Gasteiger partial charge in [-0.15, -0.1) is 0 Å². The number of para-hydroxylation sites is 2. The molecule has 0 bridgehead atoms. The van der Waals surface area contributed by atoms with Crippen LogP contribution in [0.15, 0.2) is 42.5 Å². The van der Waals surface area contributed by atoms with Crippen LogP contribution in [0.1, 0.15) is 18.3 Å². The second kappa shape index (κ2) is 5.48. The Morgan fingerprint density at radius 2 is 2.00 bits per heavy atom. The van der Waals surface area contributed by atoms with Crippen molar-refractivity contribution in [1.82, 2.24) is 9.55 Å². The minimum absolute atomic E-state index is 0.321. The van der Waals surface area contributed by atoms with E-state index in [2.05, 4.69) is 27.9 Å². The van der Waals surface area contributed by atoms with Crippen LogP contribution in [0.5, 0.6) is 5.75 Å². The Balaban J connectivity index is 1.86. The molecule has 0 amide bonds. The number of anilines is 1. The summed E-state index contributed by atoms with van der Waals surface area (Å²) in [7, 11) is 0. The number of benzene rings is 2. The van der Waals surface area contributed by atoms with Gasteiger partial charge in [-0.2, -0.15) is 0 Å². The number of fused-ring (bicyclic) bond motifs is 1. The van der Waals surface area contributed by atoms with Crippen molar-refractivity contribution in [1.29, 1.82) is 0 Å². The van der Waals surface area contributed by atoms with Gasteiger partial charge in [0.25, 0.3) is 0 Å². The van der Waals surface area contributed by atoms with Gasteiger partial charge in [-0.1, -0.05) is 12.1 Å². The lowest BCUT2D eigenvalue weighted by atomic mass is 10.2. The molecule has 0 aliphatic rings. The van der Waals surface area contributed by atoms with E-state index in [1.54, 1.807) is 6.07 Å². The molecule has 0 aliphatic carbocycles. The highest BCUT2D eigenvalue weighted by Crippen LogP contribution is 2.21. The van der Waals surface area contributed by atoms with E-state index in [4.69, 9.17) is 0 Å². The van der Waals surface area contributed by atoms with E-state index in [1.807, 2.05) is 37.3 Å². The Morgan fingerprint density at radius 3 is 2.76 bits per heavy atom. The molecule has 0 saturated heterocycles. The van der Waals surface area contributed by atoms with Crippen molar-refractivity contribution in [3.8, 4) is 5.75 Å². The molecule has 0 spiro atoms. The number of aryl methyl sites for hydroxylation is 2. The summed E-state index contributed by atoms with van der Waals surface area (Å²) in [5, 5.41) is 12.9. The number of nitrogens with zero attached hydrogens (tertiary/aromatic N) is 2. The lowest BCUT2D eigenvalue weighted by molar-refractivity contribution is 0.471. The fourth-order valence-corrected chi connectivity index (χ4v) is 2.56. The van der Waals surface area contributed by atoms with Gasteiger partial charge < -0.3 is 15.0 Å². The summed E-state index contributed by atoms with van der Waals surface area (Å²) in [4.78, 5) is 4.69. The Kier molecular flexibility index (Phi) is 3.52. The summed E-state index contributed by atoms with van der Waals surface area (Å²) in [6, 6.07) is 13.7. The molecular formula is C17H19N3O. The van der Waals surface area contributed by atoms with E-state index in [0.717, 1.165) is 29.1 Å². The number of hydrogen-bond acceptors (Lipinski definition) is 3. The summed E-state index contributed by atoms with van der Waals surface area (Å²) in [5.41, 5.74) is 4.04. The first-order valence-corrected chi connectivity index (χ1v) is 7.16. The summed E-state index contributed by atoms with van der Waals surface area (Å²) < 4.78 is 2.22. The molecule has 1 aromatic heterocycles. The zero-order valence-electron chi connectivity index (χ0n) is 12.3. The second-order valence-corrected chi connectivity index (χ2v) is 5.12. The Labute approximate surface area is 124 Å². The van der Waals surface area contributed by atoms with E-state index in [-0.39, 0.29) is 0 Å². The fraction of sp³-hybridized carbons (Fsp3) is 0.235. The van der Waals surface area contributed by atoms with E-state index >= 15 is 0 Å². The number of aromatic nitrogens is 2. The number of nitrogens with one attached hydrogen (secondary N) is 1. The summed E-state index contributed by atoms with van der Waals surface area (Å²) in [6.45, 7) is 5.57. The Bertz CT molecular complexity index is 777. The molecule has 2 N–H and O–H groups in total. The monoisotopic (exact) mass is 281 g/mol. The first-order valence-electron chi connectivity index (χ1n) is 7.16. The number of rotatable bonds is 4. The third kappa shape index (κ3) is 2.57. The lowest BCUT2D eigenvalue weighted by Gasteiger charge is -2.09. The highest BCUT2D eigenvalue weighted by molar-refractivity contribution is 5.76. The topological polar surface area (TPSA) is 50.1 Å². The minimum atomic E-state index is 0.321. The molecule has 0 saturated carbocycles. The normalized spacial score (nSPS) is 11.0. The largest absolute Gasteiger partial charge is 0.508 e. The molecule has 2 aromatic carbocycles. The summed E-state index contributed by atoms with van der Waals surface area (Å²) in [5.74, 6) is 1.34. The first-order chi connectivity index (χ1) is 10.2. The van der Waals surface area contributed by atoms with Crippen molar-refractivity contribution in [2.75, 3.05) is 5.32 Å². The highest BCUT2D eigenvalue weighted by Gasteiger charge is 2.08. The number of imidazole rings is 1. The van der Waals surface area contributed by atoms with Gasteiger partial charge in [0, 0.05) is 12.2 Å². The number of hydrogen-bond donors (Lipinski definition) is 2. The maximum Gasteiger partial charge on any atom is 0.129 e. The number of aromatic hydroxyl groups is 1. The number of phenols is 1. The average Bonchev–Trinajstić information content (AvgIpc) is 2.86. The highest BCUT2D eigenvalue weighted by atomic mass is 16.3. The van der Waals surface area contributed by atoms with Crippen LogP contribution in [0, 0.1) is 6.92 Å². The van der Waals surface area contributed by atoms with Gasteiger partial charge in [-0.05, 0) is 49.7 Å². The van der Waals surface area contributed by atoms with Crippen molar-refractivity contribution in [3.63, 3.8) is 0 Å². The van der Waals surface area contributed by atoms with Gasteiger partial charge in [0.15, 0.2) is 0 Å². The van der Waals surface area contributed by atoms with Gasteiger partial charge in [-0.3, -0.25) is 0 Å². The standard InChI is InChI=1S/C17H19N3O/c1-3-20-15-7-5-4-6-14(15)19-17(20)11-18-13-8-9-16(21)12(2)10-13/h4-10,18,21H,3,11H2,1-2H3. The smallest absolute Gasteiger partial charge is 0.129 e. The zero-order chi connectivity index (χ0) is 14.8. The number of phenolic OH excluding ortho intramolecular Hbond substituents is 1. The molecular weight excluding hydrogens is 262 g/mol. The lowest BCUT2D eigenvalue weighted by Crippen LogP contribution is -2.08. The molecule has 21 heavy (non-hydrogen) atoms. The molecule has 4 heteroatoms. The van der Waals surface area contributed by atoms with Crippen LogP contribution >= 0.6 is 0 Å². The van der Waals surface area contributed by atoms with E-state index < -0.39 is 0 Å². The van der Waals surface area contributed by atoms with E-state index in [0.29, 0.717) is 12.3 Å². The SMILES string of the molecule is CCn1c(CNc2ccc(O)c(C)c2)nc2ccccc21. The van der Waals surface area contributed by atoms with Crippen LogP contribution in [0.4, 0.5) is 5.69 Å². The quantitative estimate of drug-likeness (QED) is 0.717. The molecule has 3 aromatic rings. The molecule has 0 fully saturated rings. The van der Waals surface area contributed by atoms with Crippen LogP contribution in [0.2, 0.25) is 0 Å². The average molecular weight is 281 g/mol. The van der Waals surface area contributed by atoms with Gasteiger partial charge in [0.2, 0.25) is 0 Å². The van der Waals surface area contributed by atoms with E-state index in [9.17, 15) is 5.11 Å². The molecule has 0 aliphatic heterocycles.